The van der Waals surface area contributed by atoms with E-state index in [-0.39, 0.29) is 42.8 Å². The number of carbonyl (C=O) groups excluding carboxylic acids is 1. The first kappa shape index (κ1) is 28.4. The van der Waals surface area contributed by atoms with Crippen molar-refractivity contribution in [2.75, 3.05) is 26.2 Å². The second kappa shape index (κ2) is 12.9. The van der Waals surface area contributed by atoms with Crippen LogP contribution in [0.3, 0.4) is 0 Å². The van der Waals surface area contributed by atoms with Gasteiger partial charge in [-0.1, -0.05) is 6.42 Å². The molecule has 4 atom stereocenters. The van der Waals surface area contributed by atoms with E-state index in [1.165, 1.54) is 16.9 Å². The van der Waals surface area contributed by atoms with Gasteiger partial charge in [-0.25, -0.2) is 18.0 Å². The Bertz CT molecular complexity index is 1010. The van der Waals surface area contributed by atoms with Gasteiger partial charge in [0, 0.05) is 37.7 Å². The van der Waals surface area contributed by atoms with Gasteiger partial charge in [0.15, 0.2) is 6.17 Å². The predicted octanol–water partition coefficient (Wildman–Crippen LogP) is 3.22. The van der Waals surface area contributed by atoms with Crippen molar-refractivity contribution in [1.29, 1.82) is 0 Å². The SMILES string of the molecule is O=C(NC1CCCC(Cc2nn(C3CC(F)C(F)C(F)C3)ccc2=O)C1)OCCN1CCC(C(=O)O)CC1. The normalized spacial score (nSPS) is 31.0. The summed E-state index contributed by atoms with van der Waals surface area (Å²) in [5.74, 6) is -0.958. The molecule has 0 bridgehead atoms. The minimum atomic E-state index is -2.13. The molecule has 12 heteroatoms. The quantitative estimate of drug-likeness (QED) is 0.519. The van der Waals surface area contributed by atoms with Crippen molar-refractivity contribution in [1.82, 2.24) is 20.0 Å². The van der Waals surface area contributed by atoms with Crippen molar-refractivity contribution < 1.29 is 32.6 Å². The van der Waals surface area contributed by atoms with Gasteiger partial charge in [0.2, 0.25) is 5.43 Å². The van der Waals surface area contributed by atoms with E-state index in [2.05, 4.69) is 15.3 Å². The van der Waals surface area contributed by atoms with Crippen molar-refractivity contribution in [3.63, 3.8) is 0 Å². The molecule has 212 valence electrons. The van der Waals surface area contributed by atoms with Crippen LogP contribution in [0.25, 0.3) is 0 Å². The van der Waals surface area contributed by atoms with Gasteiger partial charge >= 0.3 is 12.1 Å². The highest BCUT2D eigenvalue weighted by molar-refractivity contribution is 5.70. The summed E-state index contributed by atoms with van der Waals surface area (Å²) in [6.07, 6.45) is -0.640. The molecule has 1 saturated heterocycles. The summed E-state index contributed by atoms with van der Waals surface area (Å²) in [7, 11) is 0. The zero-order valence-corrected chi connectivity index (χ0v) is 21.4. The fraction of sp³-hybridized carbons (Fsp3) is 0.769. The summed E-state index contributed by atoms with van der Waals surface area (Å²) in [5, 5.41) is 16.4. The molecule has 3 aliphatic rings. The maximum Gasteiger partial charge on any atom is 0.407 e. The number of alkyl carbamates (subject to hydrolysis) is 1. The van der Waals surface area contributed by atoms with Gasteiger partial charge < -0.3 is 15.2 Å². The average molecular weight is 543 g/mol. The summed E-state index contributed by atoms with van der Waals surface area (Å²) < 4.78 is 48.1. The summed E-state index contributed by atoms with van der Waals surface area (Å²) in [6.45, 7) is 2.11. The van der Waals surface area contributed by atoms with Crippen LogP contribution in [-0.4, -0.2) is 82.6 Å². The van der Waals surface area contributed by atoms with Gasteiger partial charge in [0.05, 0.1) is 12.0 Å². The number of carboxylic acid groups (broad SMARTS) is 1. The first-order valence-corrected chi connectivity index (χ1v) is 13.6. The number of carbonyl (C=O) groups is 2. The highest BCUT2D eigenvalue weighted by atomic mass is 19.2. The molecular weight excluding hydrogens is 505 g/mol. The number of hydrogen-bond acceptors (Lipinski definition) is 6. The van der Waals surface area contributed by atoms with E-state index in [9.17, 15) is 27.6 Å². The minimum Gasteiger partial charge on any atom is -0.481 e. The standard InChI is InChI=1S/C26H37F3N4O5/c27-20-14-19(15-21(28)24(20)29)33-9-6-23(34)22(31-33)13-16-2-1-3-18(12-16)30-26(37)38-11-10-32-7-4-17(5-8-32)25(35)36/h6,9,16-21,24H,1-5,7-8,10-15H2,(H,30,37)(H,35,36). The van der Waals surface area contributed by atoms with Crippen molar-refractivity contribution >= 4 is 12.1 Å². The molecule has 2 heterocycles. The Hall–Kier alpha value is -2.63. The van der Waals surface area contributed by atoms with E-state index in [0.717, 1.165) is 19.3 Å². The Morgan fingerprint density at radius 1 is 1.08 bits per heavy atom. The molecule has 9 nitrogen and oxygen atoms in total. The lowest BCUT2D eigenvalue weighted by molar-refractivity contribution is -0.143. The van der Waals surface area contributed by atoms with Crippen molar-refractivity contribution in [2.45, 2.75) is 88.4 Å². The molecule has 4 rings (SSSR count). The van der Waals surface area contributed by atoms with Gasteiger partial charge in [-0.15, -0.1) is 0 Å². The van der Waals surface area contributed by atoms with Crippen LogP contribution >= 0.6 is 0 Å². The topological polar surface area (TPSA) is 114 Å². The van der Waals surface area contributed by atoms with Gasteiger partial charge in [-0.3, -0.25) is 19.2 Å². The van der Waals surface area contributed by atoms with Crippen LogP contribution in [0, 0.1) is 11.8 Å². The smallest absolute Gasteiger partial charge is 0.407 e. The molecule has 1 aromatic rings. The van der Waals surface area contributed by atoms with Crippen LogP contribution in [0.1, 0.15) is 63.1 Å². The molecule has 4 unspecified atom stereocenters. The van der Waals surface area contributed by atoms with Crippen molar-refractivity contribution in [2.24, 2.45) is 11.8 Å². The average Bonchev–Trinajstić information content (AvgIpc) is 2.89. The number of halogens is 3. The summed E-state index contributed by atoms with van der Waals surface area (Å²) >= 11 is 0. The second-order valence-electron chi connectivity index (χ2n) is 10.9. The number of alkyl halides is 3. The number of aromatic nitrogens is 2. The molecule has 1 amide bonds. The van der Waals surface area contributed by atoms with E-state index >= 15 is 0 Å². The lowest BCUT2D eigenvalue weighted by Crippen LogP contribution is -2.41. The number of likely N-dealkylation sites (tertiary alicyclic amines) is 1. The summed E-state index contributed by atoms with van der Waals surface area (Å²) in [5.41, 5.74) is 0.0523. The molecule has 2 saturated carbocycles. The number of piperidine rings is 1. The third-order valence-corrected chi connectivity index (χ3v) is 8.12. The number of hydrogen-bond donors (Lipinski definition) is 2. The minimum absolute atomic E-state index is 0.0991. The maximum absolute atomic E-state index is 13.9. The number of nitrogens with one attached hydrogen (secondary N) is 1. The Morgan fingerprint density at radius 3 is 2.47 bits per heavy atom. The van der Waals surface area contributed by atoms with Crippen molar-refractivity contribution in [3.8, 4) is 0 Å². The fourth-order valence-corrected chi connectivity index (χ4v) is 5.89. The zero-order chi connectivity index (χ0) is 27.2. The van der Waals surface area contributed by atoms with Crippen LogP contribution < -0.4 is 10.7 Å². The molecule has 0 spiro atoms. The van der Waals surface area contributed by atoms with Crippen LogP contribution in [0.5, 0.6) is 0 Å². The number of aliphatic carboxylic acids is 1. The third kappa shape index (κ3) is 7.48. The molecule has 2 N–H and O–H groups in total. The Balaban J connectivity index is 1.23. The molecule has 2 aliphatic carbocycles. The van der Waals surface area contributed by atoms with E-state index in [4.69, 9.17) is 9.84 Å². The third-order valence-electron chi connectivity index (χ3n) is 8.12. The van der Waals surface area contributed by atoms with Crippen LogP contribution in [-0.2, 0) is 16.0 Å². The maximum atomic E-state index is 13.9. The number of carboxylic acids is 1. The first-order valence-electron chi connectivity index (χ1n) is 13.6. The Morgan fingerprint density at radius 2 is 1.79 bits per heavy atom. The van der Waals surface area contributed by atoms with E-state index in [1.807, 2.05) is 0 Å². The summed E-state index contributed by atoms with van der Waals surface area (Å²) in [6, 6.07) is 0.591. The number of amides is 1. The first-order chi connectivity index (χ1) is 18.2. The molecule has 1 aromatic heterocycles. The van der Waals surface area contributed by atoms with E-state index in [0.29, 0.717) is 51.0 Å². The lowest BCUT2D eigenvalue weighted by Gasteiger charge is -2.32. The van der Waals surface area contributed by atoms with E-state index in [1.54, 1.807) is 0 Å². The summed E-state index contributed by atoms with van der Waals surface area (Å²) in [4.78, 5) is 37.9. The molecule has 38 heavy (non-hydrogen) atoms. The number of ether oxygens (including phenoxy) is 1. The monoisotopic (exact) mass is 542 g/mol. The van der Waals surface area contributed by atoms with Gasteiger partial charge in [0.25, 0.3) is 0 Å². The Kier molecular flexibility index (Phi) is 9.67. The van der Waals surface area contributed by atoms with Crippen LogP contribution in [0.15, 0.2) is 17.1 Å². The fourth-order valence-electron chi connectivity index (χ4n) is 5.89. The van der Waals surface area contributed by atoms with Gasteiger partial charge in [-0.05, 0) is 57.5 Å². The highest BCUT2D eigenvalue weighted by Crippen LogP contribution is 2.34. The largest absolute Gasteiger partial charge is 0.481 e. The van der Waals surface area contributed by atoms with Crippen molar-refractivity contribution in [3.05, 3.63) is 28.2 Å². The second-order valence-corrected chi connectivity index (χ2v) is 10.9. The van der Waals surface area contributed by atoms with Gasteiger partial charge in [0.1, 0.15) is 24.6 Å². The molecule has 1 aliphatic heterocycles. The Labute approximate surface area is 219 Å². The molecular formula is C26H37F3N4O5. The van der Waals surface area contributed by atoms with Gasteiger partial charge in [-0.2, -0.15) is 5.10 Å². The molecule has 0 radical (unpaired) electrons. The lowest BCUT2D eigenvalue weighted by atomic mass is 9.83. The predicted molar refractivity (Wildman–Crippen MR) is 132 cm³/mol. The van der Waals surface area contributed by atoms with E-state index < -0.39 is 36.6 Å². The van der Waals surface area contributed by atoms with Crippen LogP contribution in [0.4, 0.5) is 18.0 Å². The number of rotatable bonds is 8. The molecule has 3 fully saturated rings. The number of nitrogens with zero attached hydrogens (tertiary/aromatic N) is 3. The zero-order valence-electron chi connectivity index (χ0n) is 21.4. The van der Waals surface area contributed by atoms with Crippen LogP contribution in [0.2, 0.25) is 0 Å². The highest BCUT2D eigenvalue weighted by Gasteiger charge is 2.39. The molecule has 0 aromatic carbocycles.